The van der Waals surface area contributed by atoms with Gasteiger partial charge in [-0.1, -0.05) is 26.0 Å². The lowest BCUT2D eigenvalue weighted by Gasteiger charge is -2.15. The van der Waals surface area contributed by atoms with E-state index in [1.807, 2.05) is 13.8 Å². The first kappa shape index (κ1) is 16.5. The standard InChI is InChI=1S/C16H25NO3/c1-6-19-15(18)10-20-16-12(4)7-14(8-13(16)5)9-17-11(2)3/h7-8,11,17H,6,9-10H2,1-5H3. The molecule has 1 N–H and O–H groups in total. The predicted octanol–water partition coefficient (Wildman–Crippen LogP) is 2.74. The minimum Gasteiger partial charge on any atom is -0.481 e. The van der Waals surface area contributed by atoms with Gasteiger partial charge in [0.2, 0.25) is 0 Å². The van der Waals surface area contributed by atoms with Gasteiger partial charge in [0.05, 0.1) is 6.61 Å². The molecule has 0 spiro atoms. The summed E-state index contributed by atoms with van der Waals surface area (Å²) in [6.07, 6.45) is 0. The van der Waals surface area contributed by atoms with Crippen LogP contribution in [0, 0.1) is 13.8 Å². The van der Waals surface area contributed by atoms with Crippen LogP contribution < -0.4 is 10.1 Å². The van der Waals surface area contributed by atoms with Crippen LogP contribution in [0.5, 0.6) is 5.75 Å². The van der Waals surface area contributed by atoms with Crippen molar-refractivity contribution in [3.63, 3.8) is 0 Å². The van der Waals surface area contributed by atoms with Crippen LogP contribution in [0.1, 0.15) is 37.5 Å². The lowest BCUT2D eigenvalue weighted by atomic mass is 10.1. The van der Waals surface area contributed by atoms with E-state index in [1.165, 1.54) is 5.56 Å². The molecule has 1 aromatic carbocycles. The molecule has 1 rings (SSSR count). The van der Waals surface area contributed by atoms with Gasteiger partial charge < -0.3 is 14.8 Å². The van der Waals surface area contributed by atoms with Gasteiger partial charge in [0.25, 0.3) is 0 Å². The number of aryl methyl sites for hydroxylation is 2. The van der Waals surface area contributed by atoms with Gasteiger partial charge in [0, 0.05) is 12.6 Å². The second-order valence-corrected chi connectivity index (χ2v) is 5.19. The van der Waals surface area contributed by atoms with Crippen molar-refractivity contribution < 1.29 is 14.3 Å². The number of ether oxygens (including phenoxy) is 2. The highest BCUT2D eigenvalue weighted by Gasteiger charge is 2.09. The summed E-state index contributed by atoms with van der Waals surface area (Å²) in [5.74, 6) is 0.434. The van der Waals surface area contributed by atoms with E-state index in [1.54, 1.807) is 6.92 Å². The highest BCUT2D eigenvalue weighted by Crippen LogP contribution is 2.24. The molecule has 0 aliphatic heterocycles. The molecule has 0 aliphatic rings. The molecule has 0 bridgehead atoms. The topological polar surface area (TPSA) is 47.6 Å². The number of hydrogen-bond donors (Lipinski definition) is 1. The van der Waals surface area contributed by atoms with Gasteiger partial charge in [-0.3, -0.25) is 0 Å². The molecule has 0 saturated carbocycles. The second kappa shape index (κ2) is 7.90. The Morgan fingerprint density at radius 1 is 1.25 bits per heavy atom. The molecule has 0 aliphatic carbocycles. The number of benzene rings is 1. The van der Waals surface area contributed by atoms with Crippen molar-refractivity contribution in [2.45, 2.75) is 47.2 Å². The molecular formula is C16H25NO3. The maximum absolute atomic E-state index is 11.3. The maximum Gasteiger partial charge on any atom is 0.344 e. The largest absolute Gasteiger partial charge is 0.481 e. The first-order chi connectivity index (χ1) is 9.43. The lowest BCUT2D eigenvalue weighted by Crippen LogP contribution is -2.22. The third-order valence-corrected chi connectivity index (χ3v) is 2.87. The lowest BCUT2D eigenvalue weighted by molar-refractivity contribution is -0.145. The van der Waals surface area contributed by atoms with Crippen molar-refractivity contribution in [1.29, 1.82) is 0 Å². The van der Waals surface area contributed by atoms with Crippen LogP contribution in [-0.2, 0) is 16.1 Å². The Kier molecular flexibility index (Phi) is 6.52. The van der Waals surface area contributed by atoms with E-state index in [9.17, 15) is 4.79 Å². The Morgan fingerprint density at radius 2 is 1.85 bits per heavy atom. The maximum atomic E-state index is 11.3. The Labute approximate surface area is 121 Å². The Morgan fingerprint density at radius 3 is 2.35 bits per heavy atom. The van der Waals surface area contributed by atoms with E-state index in [2.05, 4.69) is 31.3 Å². The van der Waals surface area contributed by atoms with Crippen LogP contribution in [0.4, 0.5) is 0 Å². The Balaban J connectivity index is 2.71. The molecule has 1 aromatic rings. The van der Waals surface area contributed by atoms with Crippen molar-refractivity contribution in [1.82, 2.24) is 5.32 Å². The van der Waals surface area contributed by atoms with Crippen LogP contribution in [0.3, 0.4) is 0 Å². The molecule has 0 saturated heterocycles. The third kappa shape index (κ3) is 5.21. The molecule has 0 unspecified atom stereocenters. The zero-order chi connectivity index (χ0) is 15.1. The zero-order valence-electron chi connectivity index (χ0n) is 13.1. The monoisotopic (exact) mass is 279 g/mol. The summed E-state index contributed by atoms with van der Waals surface area (Å²) in [4.78, 5) is 11.3. The fraction of sp³-hybridized carbons (Fsp3) is 0.562. The minimum absolute atomic E-state index is 0.0425. The van der Waals surface area contributed by atoms with E-state index < -0.39 is 0 Å². The Bertz CT molecular complexity index is 432. The molecule has 112 valence electrons. The SMILES string of the molecule is CCOC(=O)COc1c(C)cc(CNC(C)C)cc1C. The smallest absolute Gasteiger partial charge is 0.344 e. The number of rotatable bonds is 7. The van der Waals surface area contributed by atoms with Crippen LogP contribution in [0.2, 0.25) is 0 Å². The van der Waals surface area contributed by atoms with Crippen LogP contribution in [0.15, 0.2) is 12.1 Å². The third-order valence-electron chi connectivity index (χ3n) is 2.87. The molecule has 4 nitrogen and oxygen atoms in total. The van der Waals surface area contributed by atoms with Crippen molar-refractivity contribution in [2.24, 2.45) is 0 Å². The van der Waals surface area contributed by atoms with Crippen LogP contribution in [-0.4, -0.2) is 25.2 Å². The molecule has 0 aromatic heterocycles. The van der Waals surface area contributed by atoms with Gasteiger partial charge in [-0.2, -0.15) is 0 Å². The normalized spacial score (nSPS) is 10.7. The first-order valence-corrected chi connectivity index (χ1v) is 7.06. The zero-order valence-corrected chi connectivity index (χ0v) is 13.1. The summed E-state index contributed by atoms with van der Waals surface area (Å²) >= 11 is 0. The fourth-order valence-electron chi connectivity index (χ4n) is 2.03. The molecule has 0 fully saturated rings. The minimum atomic E-state index is -0.336. The first-order valence-electron chi connectivity index (χ1n) is 7.06. The van der Waals surface area contributed by atoms with E-state index in [0.29, 0.717) is 12.6 Å². The summed E-state index contributed by atoms with van der Waals surface area (Å²) in [6.45, 7) is 11.2. The number of carbonyl (C=O) groups is 1. The molecule has 4 heteroatoms. The molecule has 0 radical (unpaired) electrons. The van der Waals surface area contributed by atoms with E-state index in [0.717, 1.165) is 23.4 Å². The van der Waals surface area contributed by atoms with E-state index >= 15 is 0 Å². The molecule has 0 heterocycles. The van der Waals surface area contributed by atoms with E-state index in [4.69, 9.17) is 9.47 Å². The molecular weight excluding hydrogens is 254 g/mol. The Hall–Kier alpha value is -1.55. The molecule has 0 amide bonds. The van der Waals surface area contributed by atoms with Gasteiger partial charge in [-0.05, 0) is 37.5 Å². The van der Waals surface area contributed by atoms with Crippen LogP contribution in [0.25, 0.3) is 0 Å². The molecule has 0 atom stereocenters. The van der Waals surface area contributed by atoms with Gasteiger partial charge in [-0.15, -0.1) is 0 Å². The van der Waals surface area contributed by atoms with Gasteiger partial charge >= 0.3 is 5.97 Å². The highest BCUT2D eigenvalue weighted by atomic mass is 16.6. The fourth-order valence-corrected chi connectivity index (χ4v) is 2.03. The van der Waals surface area contributed by atoms with Crippen molar-refractivity contribution in [3.8, 4) is 5.75 Å². The number of nitrogens with one attached hydrogen (secondary N) is 1. The highest BCUT2D eigenvalue weighted by molar-refractivity contribution is 5.71. The summed E-state index contributed by atoms with van der Waals surface area (Å²) in [6, 6.07) is 4.63. The predicted molar refractivity (Wildman–Crippen MR) is 80.0 cm³/mol. The van der Waals surface area contributed by atoms with Crippen molar-refractivity contribution in [3.05, 3.63) is 28.8 Å². The van der Waals surface area contributed by atoms with Crippen molar-refractivity contribution >= 4 is 5.97 Å². The number of hydrogen-bond acceptors (Lipinski definition) is 4. The summed E-state index contributed by atoms with van der Waals surface area (Å²) in [5.41, 5.74) is 3.29. The average molecular weight is 279 g/mol. The molecule has 20 heavy (non-hydrogen) atoms. The van der Waals surface area contributed by atoms with Gasteiger partial charge in [0.1, 0.15) is 5.75 Å². The summed E-state index contributed by atoms with van der Waals surface area (Å²) < 4.78 is 10.4. The number of esters is 1. The van der Waals surface area contributed by atoms with Gasteiger partial charge in [-0.25, -0.2) is 4.79 Å². The second-order valence-electron chi connectivity index (χ2n) is 5.19. The van der Waals surface area contributed by atoms with Gasteiger partial charge in [0.15, 0.2) is 6.61 Å². The average Bonchev–Trinajstić information content (AvgIpc) is 2.35. The van der Waals surface area contributed by atoms with E-state index in [-0.39, 0.29) is 12.6 Å². The summed E-state index contributed by atoms with van der Waals surface area (Å²) in [5, 5.41) is 3.39. The summed E-state index contributed by atoms with van der Waals surface area (Å²) in [7, 11) is 0. The number of carbonyl (C=O) groups excluding carboxylic acids is 1. The van der Waals surface area contributed by atoms with Crippen LogP contribution >= 0.6 is 0 Å². The quantitative estimate of drug-likeness (QED) is 0.780. The van der Waals surface area contributed by atoms with Crippen molar-refractivity contribution in [2.75, 3.05) is 13.2 Å².